The first-order valence-corrected chi connectivity index (χ1v) is 8.63. The number of amides is 1. The Morgan fingerprint density at radius 1 is 1.36 bits per heavy atom. The summed E-state index contributed by atoms with van der Waals surface area (Å²) in [6.07, 6.45) is 2.54. The molecule has 0 bridgehead atoms. The fraction of sp³-hybridized carbons (Fsp3) is 0.438. The summed E-state index contributed by atoms with van der Waals surface area (Å²) in [7, 11) is 0. The highest BCUT2D eigenvalue weighted by molar-refractivity contribution is 7.11. The molecular formula is C16H18ClN3OS. The molecule has 0 radical (unpaired) electrons. The molecule has 0 spiro atoms. The van der Waals surface area contributed by atoms with Gasteiger partial charge in [-0.3, -0.25) is 4.79 Å². The minimum Gasteiger partial charge on any atom is -0.342 e. The Morgan fingerprint density at radius 3 is 2.82 bits per heavy atom. The van der Waals surface area contributed by atoms with E-state index in [0.29, 0.717) is 17.4 Å². The van der Waals surface area contributed by atoms with Gasteiger partial charge in [-0.15, -0.1) is 21.5 Å². The van der Waals surface area contributed by atoms with Crippen LogP contribution < -0.4 is 0 Å². The standard InChI is InChI=1S/C16H18ClN3OS/c1-11-18-19-16(22-11)13-3-2-8-20(10-13)15(21)9-12-4-6-14(17)7-5-12/h4-7,13H,2-3,8-10H2,1H3/t13-/m0/s1. The van der Waals surface area contributed by atoms with Crippen LogP contribution in [0, 0.1) is 6.92 Å². The topological polar surface area (TPSA) is 46.1 Å². The van der Waals surface area contributed by atoms with Crippen molar-refractivity contribution in [1.82, 2.24) is 15.1 Å². The molecule has 22 heavy (non-hydrogen) atoms. The Bertz CT molecular complexity index is 656. The number of benzene rings is 1. The van der Waals surface area contributed by atoms with Gasteiger partial charge in [-0.1, -0.05) is 23.7 Å². The van der Waals surface area contributed by atoms with E-state index in [-0.39, 0.29) is 5.91 Å². The van der Waals surface area contributed by atoms with Gasteiger partial charge in [0.05, 0.1) is 6.42 Å². The van der Waals surface area contributed by atoms with E-state index in [1.165, 1.54) is 0 Å². The van der Waals surface area contributed by atoms with E-state index in [2.05, 4.69) is 10.2 Å². The number of likely N-dealkylation sites (tertiary alicyclic amines) is 1. The van der Waals surface area contributed by atoms with Crippen molar-refractivity contribution < 1.29 is 4.79 Å². The van der Waals surface area contributed by atoms with Crippen molar-refractivity contribution in [3.8, 4) is 0 Å². The summed E-state index contributed by atoms with van der Waals surface area (Å²) < 4.78 is 0. The molecule has 1 aliphatic heterocycles. The van der Waals surface area contributed by atoms with Crippen LogP contribution in [-0.2, 0) is 11.2 Å². The first kappa shape index (κ1) is 15.4. The Hall–Kier alpha value is -1.46. The van der Waals surface area contributed by atoms with Gasteiger partial charge in [0, 0.05) is 24.0 Å². The zero-order chi connectivity index (χ0) is 15.5. The summed E-state index contributed by atoms with van der Waals surface area (Å²) >= 11 is 7.52. The molecule has 3 rings (SSSR count). The number of nitrogens with zero attached hydrogens (tertiary/aromatic N) is 3. The van der Waals surface area contributed by atoms with Crippen molar-refractivity contribution in [1.29, 1.82) is 0 Å². The highest BCUT2D eigenvalue weighted by atomic mass is 35.5. The highest BCUT2D eigenvalue weighted by Crippen LogP contribution is 2.29. The van der Waals surface area contributed by atoms with Crippen LogP contribution in [0.4, 0.5) is 0 Å². The maximum absolute atomic E-state index is 12.5. The summed E-state index contributed by atoms with van der Waals surface area (Å²) in [5.74, 6) is 0.502. The predicted molar refractivity (Wildman–Crippen MR) is 88.4 cm³/mol. The third-order valence-corrected chi connectivity index (χ3v) is 5.19. The van der Waals surface area contributed by atoms with E-state index in [1.54, 1.807) is 11.3 Å². The number of aryl methyl sites for hydroxylation is 1. The average molecular weight is 336 g/mol. The molecule has 2 aromatic rings. The Kier molecular flexibility index (Phi) is 4.74. The molecular weight excluding hydrogens is 318 g/mol. The number of halogens is 1. The van der Waals surface area contributed by atoms with Crippen LogP contribution >= 0.6 is 22.9 Å². The van der Waals surface area contributed by atoms with E-state index in [0.717, 1.165) is 41.5 Å². The maximum Gasteiger partial charge on any atom is 0.227 e. The second kappa shape index (κ2) is 6.75. The molecule has 1 fully saturated rings. The maximum atomic E-state index is 12.5. The van der Waals surface area contributed by atoms with Crippen molar-refractivity contribution in [3.63, 3.8) is 0 Å². The summed E-state index contributed by atoms with van der Waals surface area (Å²) in [6.45, 7) is 3.55. The molecule has 6 heteroatoms. The molecule has 1 aromatic carbocycles. The van der Waals surface area contributed by atoms with E-state index < -0.39 is 0 Å². The van der Waals surface area contributed by atoms with Gasteiger partial charge in [0.25, 0.3) is 0 Å². The fourth-order valence-corrected chi connectivity index (χ4v) is 3.72. The molecule has 0 aliphatic carbocycles. The zero-order valence-corrected chi connectivity index (χ0v) is 14.0. The zero-order valence-electron chi connectivity index (χ0n) is 12.5. The molecule has 1 saturated heterocycles. The lowest BCUT2D eigenvalue weighted by Crippen LogP contribution is -2.39. The van der Waals surface area contributed by atoms with Gasteiger partial charge >= 0.3 is 0 Å². The highest BCUT2D eigenvalue weighted by Gasteiger charge is 2.26. The monoisotopic (exact) mass is 335 g/mol. The summed E-state index contributed by atoms with van der Waals surface area (Å²) in [4.78, 5) is 14.5. The van der Waals surface area contributed by atoms with Crippen LogP contribution in [0.25, 0.3) is 0 Å². The van der Waals surface area contributed by atoms with Crippen LogP contribution in [0.5, 0.6) is 0 Å². The van der Waals surface area contributed by atoms with Crippen molar-refractivity contribution in [2.24, 2.45) is 0 Å². The third-order valence-electron chi connectivity index (χ3n) is 3.93. The fourth-order valence-electron chi connectivity index (χ4n) is 2.77. The lowest BCUT2D eigenvalue weighted by atomic mass is 9.98. The Labute approximate surface area is 139 Å². The van der Waals surface area contributed by atoms with Crippen LogP contribution in [0.3, 0.4) is 0 Å². The third kappa shape index (κ3) is 3.65. The molecule has 0 unspecified atom stereocenters. The second-order valence-electron chi connectivity index (χ2n) is 5.64. The molecule has 1 aromatic heterocycles. The van der Waals surface area contributed by atoms with Gasteiger partial charge in [-0.25, -0.2) is 0 Å². The Morgan fingerprint density at radius 2 is 2.14 bits per heavy atom. The molecule has 116 valence electrons. The molecule has 1 aliphatic rings. The van der Waals surface area contributed by atoms with E-state index in [1.807, 2.05) is 36.1 Å². The molecule has 2 heterocycles. The van der Waals surface area contributed by atoms with Crippen molar-refractivity contribution >= 4 is 28.8 Å². The number of rotatable bonds is 3. The largest absolute Gasteiger partial charge is 0.342 e. The number of piperidine rings is 1. The number of hydrogen-bond acceptors (Lipinski definition) is 4. The number of hydrogen-bond donors (Lipinski definition) is 0. The summed E-state index contributed by atoms with van der Waals surface area (Å²) in [5.41, 5.74) is 1.00. The predicted octanol–water partition coefficient (Wildman–Crippen LogP) is 3.45. The summed E-state index contributed by atoms with van der Waals surface area (Å²) in [6, 6.07) is 7.48. The van der Waals surface area contributed by atoms with Crippen LogP contribution in [0.2, 0.25) is 5.02 Å². The smallest absolute Gasteiger partial charge is 0.227 e. The van der Waals surface area contributed by atoms with Crippen LogP contribution in [0.15, 0.2) is 24.3 Å². The Balaban J connectivity index is 1.63. The second-order valence-corrected chi connectivity index (χ2v) is 7.29. The first-order valence-electron chi connectivity index (χ1n) is 7.44. The van der Waals surface area contributed by atoms with Gasteiger partial charge in [-0.2, -0.15) is 0 Å². The lowest BCUT2D eigenvalue weighted by molar-refractivity contribution is -0.131. The first-order chi connectivity index (χ1) is 10.6. The summed E-state index contributed by atoms with van der Waals surface area (Å²) in [5, 5.41) is 11.1. The molecule has 4 nitrogen and oxygen atoms in total. The van der Waals surface area contributed by atoms with Crippen LogP contribution in [-0.4, -0.2) is 34.1 Å². The van der Waals surface area contributed by atoms with Crippen molar-refractivity contribution in [2.45, 2.75) is 32.1 Å². The quantitative estimate of drug-likeness (QED) is 0.863. The minimum atomic E-state index is 0.174. The molecule has 0 N–H and O–H groups in total. The van der Waals surface area contributed by atoms with Gasteiger partial charge in [0.15, 0.2) is 0 Å². The molecule has 1 atom stereocenters. The van der Waals surface area contributed by atoms with Gasteiger partial charge in [-0.05, 0) is 37.5 Å². The van der Waals surface area contributed by atoms with Gasteiger partial charge < -0.3 is 4.90 Å². The SMILES string of the molecule is Cc1nnc([C@H]2CCCN(C(=O)Cc3ccc(Cl)cc3)C2)s1. The van der Waals surface area contributed by atoms with E-state index >= 15 is 0 Å². The minimum absolute atomic E-state index is 0.174. The molecule has 0 saturated carbocycles. The van der Waals surface area contributed by atoms with Crippen molar-refractivity contribution in [2.75, 3.05) is 13.1 Å². The van der Waals surface area contributed by atoms with Crippen molar-refractivity contribution in [3.05, 3.63) is 44.9 Å². The lowest BCUT2D eigenvalue weighted by Gasteiger charge is -2.31. The van der Waals surface area contributed by atoms with Gasteiger partial charge in [0.2, 0.25) is 5.91 Å². The number of aromatic nitrogens is 2. The average Bonchev–Trinajstić information content (AvgIpc) is 2.96. The number of carbonyl (C=O) groups excluding carboxylic acids is 1. The van der Waals surface area contributed by atoms with Crippen LogP contribution in [0.1, 0.15) is 34.3 Å². The molecule has 1 amide bonds. The van der Waals surface area contributed by atoms with Gasteiger partial charge in [0.1, 0.15) is 10.0 Å². The van der Waals surface area contributed by atoms with E-state index in [4.69, 9.17) is 11.6 Å². The van der Waals surface area contributed by atoms with E-state index in [9.17, 15) is 4.79 Å². The normalized spacial score (nSPS) is 18.5. The number of carbonyl (C=O) groups is 1.